The number of carbonyl (C=O) groups is 1. The predicted octanol–water partition coefficient (Wildman–Crippen LogP) is 1.77. The van der Waals surface area contributed by atoms with Gasteiger partial charge in [-0.2, -0.15) is 0 Å². The number of aromatic hydroxyl groups is 1. The maximum absolute atomic E-state index is 10.4. The molecule has 1 N–H and O–H groups in total. The summed E-state index contributed by atoms with van der Waals surface area (Å²) in [6, 6.07) is 2.39. The highest BCUT2D eigenvalue weighted by molar-refractivity contribution is 6.32. The molecule has 0 bridgehead atoms. The Morgan fingerprint density at radius 1 is 1.54 bits per heavy atom. The van der Waals surface area contributed by atoms with E-state index in [-0.39, 0.29) is 16.9 Å². The Morgan fingerprint density at radius 2 is 2.15 bits per heavy atom. The molecule has 13 heavy (non-hydrogen) atoms. The van der Waals surface area contributed by atoms with Gasteiger partial charge in [-0.3, -0.25) is 14.9 Å². The first-order valence-corrected chi connectivity index (χ1v) is 3.56. The average molecular weight is 202 g/mol. The van der Waals surface area contributed by atoms with E-state index in [1.807, 2.05) is 0 Å². The van der Waals surface area contributed by atoms with Crippen molar-refractivity contribution in [3.63, 3.8) is 0 Å². The van der Waals surface area contributed by atoms with Gasteiger partial charge in [0, 0.05) is 0 Å². The van der Waals surface area contributed by atoms with Crippen LogP contribution in [0.25, 0.3) is 0 Å². The number of benzene rings is 1. The van der Waals surface area contributed by atoms with E-state index in [4.69, 9.17) is 16.7 Å². The summed E-state index contributed by atoms with van der Waals surface area (Å²) in [4.78, 5) is 19.9. The van der Waals surface area contributed by atoms with Crippen molar-refractivity contribution in [3.8, 4) is 5.75 Å². The molecule has 68 valence electrons. The molecule has 0 saturated heterocycles. The van der Waals surface area contributed by atoms with Crippen molar-refractivity contribution >= 4 is 23.6 Å². The zero-order chi connectivity index (χ0) is 10.0. The van der Waals surface area contributed by atoms with E-state index in [9.17, 15) is 14.9 Å². The Hall–Kier alpha value is -1.62. The quantitative estimate of drug-likeness (QED) is 0.449. The fraction of sp³-hybridized carbons (Fsp3) is 0. The smallest absolute Gasteiger partial charge is 0.322 e. The summed E-state index contributed by atoms with van der Waals surface area (Å²) in [6.45, 7) is 0. The molecule has 0 unspecified atom stereocenters. The molecule has 0 amide bonds. The Kier molecular flexibility index (Phi) is 2.48. The van der Waals surface area contributed by atoms with Crippen LogP contribution < -0.4 is 0 Å². The van der Waals surface area contributed by atoms with Gasteiger partial charge in [-0.05, 0) is 12.1 Å². The number of rotatable bonds is 2. The number of nitro benzene ring substituents is 1. The Morgan fingerprint density at radius 3 is 2.62 bits per heavy atom. The first-order chi connectivity index (χ1) is 6.07. The van der Waals surface area contributed by atoms with Gasteiger partial charge in [-0.15, -0.1) is 0 Å². The summed E-state index contributed by atoms with van der Waals surface area (Å²) in [6.07, 6.45) is 0.286. The standard InChI is InChI=1S/C7H4ClNO4/c8-5-2-1-4(3-10)6(7(5)11)9(12)13/h1-3,11H. The first-order valence-electron chi connectivity index (χ1n) is 3.19. The highest BCUT2D eigenvalue weighted by Crippen LogP contribution is 2.35. The molecule has 0 aliphatic rings. The summed E-state index contributed by atoms with van der Waals surface area (Å²) < 4.78 is 0. The molecule has 0 fully saturated rings. The number of hydrogen-bond acceptors (Lipinski definition) is 4. The Balaban J connectivity index is 3.50. The van der Waals surface area contributed by atoms with Gasteiger partial charge in [0.1, 0.15) is 0 Å². The number of phenols is 1. The van der Waals surface area contributed by atoms with E-state index in [1.165, 1.54) is 12.1 Å². The number of nitrogens with zero attached hydrogens (tertiary/aromatic N) is 1. The lowest BCUT2D eigenvalue weighted by Crippen LogP contribution is -1.94. The van der Waals surface area contributed by atoms with E-state index in [0.29, 0.717) is 0 Å². The number of halogens is 1. The SMILES string of the molecule is O=Cc1ccc(Cl)c(O)c1[N+](=O)[O-]. The van der Waals surface area contributed by atoms with Gasteiger partial charge >= 0.3 is 5.69 Å². The number of aldehydes is 1. The molecule has 5 nitrogen and oxygen atoms in total. The van der Waals surface area contributed by atoms with Gasteiger partial charge in [0.25, 0.3) is 0 Å². The molecule has 0 atom stereocenters. The third-order valence-electron chi connectivity index (χ3n) is 1.44. The summed E-state index contributed by atoms with van der Waals surface area (Å²) >= 11 is 5.42. The number of nitro groups is 1. The van der Waals surface area contributed by atoms with Crippen molar-refractivity contribution in [2.24, 2.45) is 0 Å². The number of carbonyl (C=O) groups excluding carboxylic acids is 1. The van der Waals surface area contributed by atoms with Crippen LogP contribution in [0, 0.1) is 10.1 Å². The van der Waals surface area contributed by atoms with Crippen LogP contribution >= 0.6 is 11.6 Å². The minimum atomic E-state index is -0.856. The molecule has 0 radical (unpaired) electrons. The highest BCUT2D eigenvalue weighted by Gasteiger charge is 2.21. The molecule has 1 aromatic carbocycles. The second kappa shape index (κ2) is 3.40. The molecular formula is C7H4ClNO4. The molecule has 0 saturated carbocycles. The fourth-order valence-corrected chi connectivity index (χ4v) is 1.01. The minimum absolute atomic E-state index is 0.155. The second-order valence-electron chi connectivity index (χ2n) is 2.21. The summed E-state index contributed by atoms with van der Waals surface area (Å²) in [5, 5.41) is 19.4. The van der Waals surface area contributed by atoms with Gasteiger partial charge in [0.15, 0.2) is 6.29 Å². The molecule has 1 rings (SSSR count). The van der Waals surface area contributed by atoms with E-state index in [2.05, 4.69) is 0 Å². The van der Waals surface area contributed by atoms with Crippen LogP contribution in [0.1, 0.15) is 10.4 Å². The van der Waals surface area contributed by atoms with Crippen molar-refractivity contribution in [2.45, 2.75) is 0 Å². The van der Waals surface area contributed by atoms with E-state index in [0.717, 1.165) is 0 Å². The van der Waals surface area contributed by atoms with E-state index >= 15 is 0 Å². The van der Waals surface area contributed by atoms with Crippen molar-refractivity contribution in [3.05, 3.63) is 32.8 Å². The maximum atomic E-state index is 10.4. The third-order valence-corrected chi connectivity index (χ3v) is 1.75. The largest absolute Gasteiger partial charge is 0.501 e. The second-order valence-corrected chi connectivity index (χ2v) is 2.62. The maximum Gasteiger partial charge on any atom is 0.322 e. The normalized spacial score (nSPS) is 9.62. The van der Waals surface area contributed by atoms with Crippen LogP contribution in [-0.2, 0) is 0 Å². The van der Waals surface area contributed by atoms with Crippen LogP contribution in [0.4, 0.5) is 5.69 Å². The van der Waals surface area contributed by atoms with Crippen LogP contribution in [0.15, 0.2) is 12.1 Å². The lowest BCUT2D eigenvalue weighted by molar-refractivity contribution is -0.386. The van der Waals surface area contributed by atoms with Gasteiger partial charge in [0.2, 0.25) is 5.75 Å². The molecule has 6 heteroatoms. The lowest BCUT2D eigenvalue weighted by Gasteiger charge is -1.99. The number of phenolic OH excluding ortho intramolecular Hbond substituents is 1. The molecule has 0 aromatic heterocycles. The third kappa shape index (κ3) is 1.59. The summed E-state index contributed by atoms with van der Waals surface area (Å²) in [5.74, 6) is -0.684. The van der Waals surface area contributed by atoms with Crippen LogP contribution in [0.2, 0.25) is 5.02 Å². The molecule has 0 aliphatic carbocycles. The summed E-state index contributed by atoms with van der Waals surface area (Å²) in [7, 11) is 0. The molecule has 1 aromatic rings. The van der Waals surface area contributed by atoms with Gasteiger partial charge < -0.3 is 5.11 Å². The van der Waals surface area contributed by atoms with Gasteiger partial charge in [0.05, 0.1) is 15.5 Å². The highest BCUT2D eigenvalue weighted by atomic mass is 35.5. The van der Waals surface area contributed by atoms with Gasteiger partial charge in [-0.1, -0.05) is 11.6 Å². The van der Waals surface area contributed by atoms with E-state index < -0.39 is 16.4 Å². The molecule has 0 heterocycles. The topological polar surface area (TPSA) is 80.4 Å². The monoisotopic (exact) mass is 201 g/mol. The first kappa shape index (κ1) is 9.47. The van der Waals surface area contributed by atoms with E-state index in [1.54, 1.807) is 0 Å². The Labute approximate surface area is 77.7 Å². The number of hydrogen-bond donors (Lipinski definition) is 1. The zero-order valence-electron chi connectivity index (χ0n) is 6.23. The van der Waals surface area contributed by atoms with Crippen molar-refractivity contribution < 1.29 is 14.8 Å². The predicted molar refractivity (Wildman–Crippen MR) is 45.2 cm³/mol. The molecule has 0 spiro atoms. The molecule has 0 aliphatic heterocycles. The van der Waals surface area contributed by atoms with Gasteiger partial charge in [-0.25, -0.2) is 0 Å². The summed E-state index contributed by atoms with van der Waals surface area (Å²) in [5.41, 5.74) is -0.866. The fourth-order valence-electron chi connectivity index (χ4n) is 0.858. The zero-order valence-corrected chi connectivity index (χ0v) is 6.99. The van der Waals surface area contributed by atoms with Crippen LogP contribution in [0.3, 0.4) is 0 Å². The minimum Gasteiger partial charge on any atom is -0.501 e. The van der Waals surface area contributed by atoms with Crippen molar-refractivity contribution in [1.82, 2.24) is 0 Å². The van der Waals surface area contributed by atoms with Crippen LogP contribution in [-0.4, -0.2) is 16.3 Å². The Bertz CT molecular complexity index is 377. The van der Waals surface area contributed by atoms with Crippen molar-refractivity contribution in [1.29, 1.82) is 0 Å². The van der Waals surface area contributed by atoms with Crippen LogP contribution in [0.5, 0.6) is 5.75 Å². The van der Waals surface area contributed by atoms with Crippen molar-refractivity contribution in [2.75, 3.05) is 0 Å². The average Bonchev–Trinajstić information content (AvgIpc) is 2.08. The molecular weight excluding hydrogens is 198 g/mol. The lowest BCUT2D eigenvalue weighted by atomic mass is 10.2.